The van der Waals surface area contributed by atoms with Gasteiger partial charge in [0.1, 0.15) is 5.01 Å². The molecule has 0 fully saturated rings. The van der Waals surface area contributed by atoms with Crippen LogP contribution >= 0.6 is 11.3 Å². The van der Waals surface area contributed by atoms with Gasteiger partial charge in [0.05, 0.1) is 29.2 Å². The number of rotatable bonds is 7. The molecule has 1 heterocycles. The van der Waals surface area contributed by atoms with Crippen LogP contribution in [0.25, 0.3) is 0 Å². The maximum absolute atomic E-state index is 12.2. The van der Waals surface area contributed by atoms with Crippen molar-refractivity contribution in [2.45, 2.75) is 12.8 Å². The van der Waals surface area contributed by atoms with Gasteiger partial charge in [0.2, 0.25) is 0 Å². The van der Waals surface area contributed by atoms with E-state index in [1.165, 1.54) is 0 Å². The average molecular weight is 403 g/mol. The second-order valence-electron chi connectivity index (χ2n) is 5.45. The van der Waals surface area contributed by atoms with E-state index in [0.717, 1.165) is 36.6 Å². The molecule has 2 aromatic rings. The Hall–Kier alpha value is -3.65. The van der Waals surface area contributed by atoms with Gasteiger partial charge in [-0.1, -0.05) is 0 Å². The van der Waals surface area contributed by atoms with Gasteiger partial charge in [-0.15, -0.1) is 11.3 Å². The van der Waals surface area contributed by atoms with Crippen LogP contribution in [0.4, 0.5) is 5.69 Å². The van der Waals surface area contributed by atoms with Crippen LogP contribution in [0.2, 0.25) is 0 Å². The van der Waals surface area contributed by atoms with Crippen molar-refractivity contribution in [3.05, 3.63) is 55.5 Å². The van der Waals surface area contributed by atoms with Crippen molar-refractivity contribution in [3.8, 4) is 6.07 Å². The van der Waals surface area contributed by atoms with E-state index in [9.17, 15) is 29.8 Å². The molecule has 0 aliphatic carbocycles. The molecule has 0 aliphatic heterocycles. The van der Waals surface area contributed by atoms with Crippen molar-refractivity contribution in [3.63, 3.8) is 0 Å². The second-order valence-corrected chi connectivity index (χ2v) is 6.34. The number of carbonyl (C=O) groups is 3. The molecule has 2 rings (SSSR count). The standard InChI is InChI=1S/C17H13N3O7S/c1-9-8-28-15(19-9)13(6-18)14(21)7-27-17(23)11-3-10(16(22)26-2)4-12(5-11)20(24)25/h3-5,8,13H,7H2,1-2H3. The summed E-state index contributed by atoms with van der Waals surface area (Å²) in [4.78, 5) is 50.3. The van der Waals surface area contributed by atoms with E-state index in [-0.39, 0.29) is 16.1 Å². The number of non-ortho nitro benzene ring substituents is 1. The lowest BCUT2D eigenvalue weighted by Gasteiger charge is -2.08. The molecule has 144 valence electrons. The van der Waals surface area contributed by atoms with Crippen LogP contribution in [-0.2, 0) is 14.3 Å². The fourth-order valence-corrected chi connectivity index (χ4v) is 3.00. The third kappa shape index (κ3) is 4.74. The summed E-state index contributed by atoms with van der Waals surface area (Å²) < 4.78 is 9.36. The zero-order chi connectivity index (χ0) is 20.8. The van der Waals surface area contributed by atoms with Gasteiger partial charge in [-0.3, -0.25) is 14.9 Å². The number of nitro benzene ring substituents is 1. The average Bonchev–Trinajstić information content (AvgIpc) is 3.11. The Labute approximate surface area is 162 Å². The molecular weight excluding hydrogens is 390 g/mol. The number of nitrogens with zero attached hydrogens (tertiary/aromatic N) is 3. The quantitative estimate of drug-likeness (QED) is 0.385. The highest BCUT2D eigenvalue weighted by molar-refractivity contribution is 7.09. The van der Waals surface area contributed by atoms with E-state index >= 15 is 0 Å². The zero-order valence-electron chi connectivity index (χ0n) is 14.7. The molecule has 1 atom stereocenters. The second kappa shape index (κ2) is 8.83. The van der Waals surface area contributed by atoms with Crippen molar-refractivity contribution < 1.29 is 28.8 Å². The molecule has 0 saturated carbocycles. The van der Waals surface area contributed by atoms with Crippen LogP contribution in [0.15, 0.2) is 23.6 Å². The molecular formula is C17H13N3O7S. The van der Waals surface area contributed by atoms with Crippen molar-refractivity contribution in [1.29, 1.82) is 5.26 Å². The number of hydrogen-bond acceptors (Lipinski definition) is 10. The summed E-state index contributed by atoms with van der Waals surface area (Å²) in [5.74, 6) is -3.82. The van der Waals surface area contributed by atoms with Gasteiger partial charge in [-0.05, 0) is 13.0 Å². The van der Waals surface area contributed by atoms with Crippen molar-refractivity contribution in [2.75, 3.05) is 13.7 Å². The molecule has 0 spiro atoms. The van der Waals surface area contributed by atoms with E-state index in [0.29, 0.717) is 5.69 Å². The Morgan fingerprint density at radius 2 is 1.93 bits per heavy atom. The Morgan fingerprint density at radius 1 is 1.29 bits per heavy atom. The fraction of sp³-hybridized carbons (Fsp3) is 0.235. The van der Waals surface area contributed by atoms with Crippen molar-refractivity contribution in [2.24, 2.45) is 0 Å². The first-order chi connectivity index (χ1) is 13.3. The van der Waals surface area contributed by atoms with Crippen LogP contribution in [0.5, 0.6) is 0 Å². The number of nitro groups is 1. The summed E-state index contributed by atoms with van der Waals surface area (Å²) in [6.45, 7) is 0.978. The van der Waals surface area contributed by atoms with Gasteiger partial charge >= 0.3 is 11.9 Å². The van der Waals surface area contributed by atoms with Gasteiger partial charge < -0.3 is 9.47 Å². The summed E-state index contributed by atoms with van der Waals surface area (Å²) in [6.07, 6.45) is 0. The highest BCUT2D eigenvalue weighted by Crippen LogP contribution is 2.22. The molecule has 0 N–H and O–H groups in total. The third-order valence-electron chi connectivity index (χ3n) is 3.47. The number of ether oxygens (including phenoxy) is 2. The number of aromatic nitrogens is 1. The van der Waals surface area contributed by atoms with Gasteiger partial charge in [0, 0.05) is 23.2 Å². The molecule has 1 aromatic heterocycles. The number of thiazole rings is 1. The predicted octanol–water partition coefficient (Wildman–Crippen LogP) is 2.18. The number of esters is 2. The zero-order valence-corrected chi connectivity index (χ0v) is 15.5. The number of ketones is 1. The largest absolute Gasteiger partial charge is 0.465 e. The van der Waals surface area contributed by atoms with Crippen LogP contribution in [0, 0.1) is 28.4 Å². The minimum Gasteiger partial charge on any atom is -0.465 e. The summed E-state index contributed by atoms with van der Waals surface area (Å²) in [5.41, 5.74) is -0.393. The van der Waals surface area contributed by atoms with Crippen LogP contribution < -0.4 is 0 Å². The smallest absolute Gasteiger partial charge is 0.338 e. The molecule has 1 aromatic carbocycles. The number of nitriles is 1. The minimum atomic E-state index is -1.19. The molecule has 0 amide bonds. The van der Waals surface area contributed by atoms with Gasteiger partial charge in [-0.25, -0.2) is 14.6 Å². The highest BCUT2D eigenvalue weighted by atomic mass is 32.1. The lowest BCUT2D eigenvalue weighted by atomic mass is 10.1. The van der Waals surface area contributed by atoms with Gasteiger partial charge in [-0.2, -0.15) is 5.26 Å². The number of Topliss-reactive ketones (excluding diaryl/α,β-unsaturated/α-hetero) is 1. The van der Waals surface area contributed by atoms with E-state index < -0.39 is 40.9 Å². The number of carbonyl (C=O) groups excluding carboxylic acids is 3. The first-order valence-corrected chi connectivity index (χ1v) is 8.54. The summed E-state index contributed by atoms with van der Waals surface area (Å²) in [5, 5.41) is 22.1. The van der Waals surface area contributed by atoms with Crippen molar-refractivity contribution >= 4 is 34.7 Å². The molecule has 11 heteroatoms. The molecule has 1 unspecified atom stereocenters. The lowest BCUT2D eigenvalue weighted by molar-refractivity contribution is -0.384. The predicted molar refractivity (Wildman–Crippen MR) is 94.9 cm³/mol. The van der Waals surface area contributed by atoms with Crippen LogP contribution in [0.3, 0.4) is 0 Å². The molecule has 28 heavy (non-hydrogen) atoms. The third-order valence-corrected chi connectivity index (χ3v) is 4.49. The van der Waals surface area contributed by atoms with Gasteiger partial charge in [0.25, 0.3) is 5.69 Å². The van der Waals surface area contributed by atoms with E-state index in [2.05, 4.69) is 9.72 Å². The maximum Gasteiger partial charge on any atom is 0.338 e. The summed E-state index contributed by atoms with van der Waals surface area (Å²) >= 11 is 1.13. The fourth-order valence-electron chi connectivity index (χ4n) is 2.14. The van der Waals surface area contributed by atoms with Crippen LogP contribution in [0.1, 0.15) is 37.3 Å². The molecule has 0 aliphatic rings. The summed E-state index contributed by atoms with van der Waals surface area (Å²) in [7, 11) is 1.08. The van der Waals surface area contributed by atoms with Crippen LogP contribution in [-0.4, -0.2) is 41.3 Å². The van der Waals surface area contributed by atoms with Gasteiger partial charge in [0.15, 0.2) is 18.3 Å². The molecule has 0 saturated heterocycles. The Balaban J connectivity index is 2.17. The molecule has 0 bridgehead atoms. The number of benzene rings is 1. The minimum absolute atomic E-state index is 0.219. The van der Waals surface area contributed by atoms with E-state index in [4.69, 9.17) is 4.74 Å². The monoisotopic (exact) mass is 403 g/mol. The Morgan fingerprint density at radius 3 is 2.43 bits per heavy atom. The summed E-state index contributed by atoms with van der Waals surface area (Å²) in [6, 6.07) is 4.72. The first kappa shape index (κ1) is 20.7. The Bertz CT molecular complexity index is 993. The van der Waals surface area contributed by atoms with E-state index in [1.54, 1.807) is 12.3 Å². The normalized spacial score (nSPS) is 11.2. The first-order valence-electron chi connectivity index (χ1n) is 7.66. The SMILES string of the molecule is COC(=O)c1cc(C(=O)OCC(=O)C(C#N)c2nc(C)cs2)cc([N+](=O)[O-])c1. The molecule has 0 radical (unpaired) electrons. The Kier molecular flexibility index (Phi) is 6.51. The lowest BCUT2D eigenvalue weighted by Crippen LogP contribution is -2.20. The molecule has 10 nitrogen and oxygen atoms in total. The van der Waals surface area contributed by atoms with E-state index in [1.807, 2.05) is 6.07 Å². The highest BCUT2D eigenvalue weighted by Gasteiger charge is 2.25. The maximum atomic E-state index is 12.2. The number of aryl methyl sites for hydroxylation is 1. The van der Waals surface area contributed by atoms with Crippen molar-refractivity contribution in [1.82, 2.24) is 4.98 Å². The number of hydrogen-bond donors (Lipinski definition) is 0. The number of methoxy groups -OCH3 is 1. The topological polar surface area (TPSA) is 149 Å².